The zero-order chi connectivity index (χ0) is 13.6. The van der Waals surface area contributed by atoms with E-state index in [0.29, 0.717) is 5.92 Å². The molecule has 0 radical (unpaired) electrons. The molecule has 0 heterocycles. The maximum atomic E-state index is 11.8. The van der Waals surface area contributed by atoms with Gasteiger partial charge in [-0.1, -0.05) is 33.6 Å². The number of carbonyl (C=O) groups is 1. The van der Waals surface area contributed by atoms with Gasteiger partial charge in [0.15, 0.2) is 0 Å². The number of hydrogen-bond donors (Lipinski definition) is 3. The Bertz CT molecular complexity index is 261. The highest BCUT2D eigenvalue weighted by Crippen LogP contribution is 2.36. The topological polar surface area (TPSA) is 61.4 Å². The number of aliphatic hydroxyl groups is 1. The second-order valence-electron chi connectivity index (χ2n) is 6.35. The normalized spacial score (nSPS) is 19.8. The molecule has 18 heavy (non-hydrogen) atoms. The number of hydrogen-bond acceptors (Lipinski definition) is 2. The van der Waals surface area contributed by atoms with Gasteiger partial charge in [0.1, 0.15) is 0 Å². The van der Waals surface area contributed by atoms with Gasteiger partial charge in [-0.05, 0) is 30.6 Å². The van der Waals surface area contributed by atoms with Crippen LogP contribution in [0.15, 0.2) is 0 Å². The third-order valence-corrected chi connectivity index (χ3v) is 3.80. The van der Waals surface area contributed by atoms with Crippen LogP contribution in [-0.2, 0) is 0 Å². The van der Waals surface area contributed by atoms with Gasteiger partial charge in [0.2, 0.25) is 0 Å². The van der Waals surface area contributed by atoms with Gasteiger partial charge >= 0.3 is 6.03 Å². The van der Waals surface area contributed by atoms with Crippen LogP contribution in [-0.4, -0.2) is 30.3 Å². The lowest BCUT2D eigenvalue weighted by Gasteiger charge is -2.25. The van der Waals surface area contributed by atoms with Crippen LogP contribution in [0.1, 0.15) is 52.9 Å². The number of amides is 2. The molecule has 0 saturated heterocycles. The van der Waals surface area contributed by atoms with Gasteiger partial charge in [0.25, 0.3) is 0 Å². The molecule has 0 aromatic rings. The average molecular weight is 256 g/mol. The monoisotopic (exact) mass is 256 g/mol. The summed E-state index contributed by atoms with van der Waals surface area (Å²) in [5.41, 5.74) is 0.268. The molecule has 0 aromatic carbocycles. The zero-order valence-corrected chi connectivity index (χ0v) is 12.0. The fraction of sp³-hybridized carbons (Fsp3) is 0.929. The molecule has 106 valence electrons. The van der Waals surface area contributed by atoms with E-state index in [4.69, 9.17) is 0 Å². The lowest BCUT2D eigenvalue weighted by molar-refractivity contribution is 0.202. The van der Waals surface area contributed by atoms with Crippen LogP contribution in [0.25, 0.3) is 0 Å². The lowest BCUT2D eigenvalue weighted by atomic mass is 9.89. The highest BCUT2D eigenvalue weighted by Gasteiger charge is 2.29. The summed E-state index contributed by atoms with van der Waals surface area (Å²) in [5.74, 6) is 0.467. The molecule has 3 N–H and O–H groups in total. The van der Waals surface area contributed by atoms with Crippen LogP contribution in [0.5, 0.6) is 0 Å². The Labute approximate surface area is 111 Å². The maximum Gasteiger partial charge on any atom is 0.315 e. The van der Waals surface area contributed by atoms with Crippen molar-refractivity contribution in [1.29, 1.82) is 0 Å². The first kappa shape index (κ1) is 15.3. The SMILES string of the molecule is CC(C)CC(CO)NC(=O)NCC1(C)CCCC1. The van der Waals surface area contributed by atoms with Crippen molar-refractivity contribution in [3.63, 3.8) is 0 Å². The Morgan fingerprint density at radius 1 is 1.33 bits per heavy atom. The van der Waals surface area contributed by atoms with E-state index in [9.17, 15) is 9.90 Å². The first-order valence-corrected chi connectivity index (χ1v) is 7.10. The summed E-state index contributed by atoms with van der Waals surface area (Å²) in [4.78, 5) is 11.8. The van der Waals surface area contributed by atoms with E-state index in [0.717, 1.165) is 13.0 Å². The summed E-state index contributed by atoms with van der Waals surface area (Å²) >= 11 is 0. The summed E-state index contributed by atoms with van der Waals surface area (Å²) in [7, 11) is 0. The zero-order valence-electron chi connectivity index (χ0n) is 12.0. The predicted molar refractivity (Wildman–Crippen MR) is 73.4 cm³/mol. The molecule has 4 nitrogen and oxygen atoms in total. The minimum absolute atomic E-state index is 0.00285. The minimum Gasteiger partial charge on any atom is -0.394 e. The van der Waals surface area contributed by atoms with Gasteiger partial charge in [-0.2, -0.15) is 0 Å². The van der Waals surface area contributed by atoms with E-state index in [1.165, 1.54) is 25.7 Å². The molecule has 1 unspecified atom stereocenters. The third-order valence-electron chi connectivity index (χ3n) is 3.80. The van der Waals surface area contributed by atoms with Gasteiger partial charge in [0, 0.05) is 6.54 Å². The summed E-state index contributed by atoms with van der Waals surface area (Å²) in [6.45, 7) is 7.14. The molecule has 4 heteroatoms. The molecule has 1 aliphatic rings. The van der Waals surface area contributed by atoms with Crippen LogP contribution in [0.3, 0.4) is 0 Å². The van der Waals surface area contributed by atoms with Crippen molar-refractivity contribution < 1.29 is 9.90 Å². The van der Waals surface area contributed by atoms with Crippen molar-refractivity contribution in [1.82, 2.24) is 10.6 Å². The van der Waals surface area contributed by atoms with Crippen molar-refractivity contribution >= 4 is 6.03 Å². The van der Waals surface area contributed by atoms with Crippen molar-refractivity contribution in [2.24, 2.45) is 11.3 Å². The highest BCUT2D eigenvalue weighted by atomic mass is 16.3. The van der Waals surface area contributed by atoms with Gasteiger partial charge in [-0.3, -0.25) is 0 Å². The molecule has 1 saturated carbocycles. The first-order valence-electron chi connectivity index (χ1n) is 7.10. The number of carbonyl (C=O) groups excluding carboxylic acids is 1. The molecule has 0 aliphatic heterocycles. The quantitative estimate of drug-likeness (QED) is 0.682. The minimum atomic E-state index is -0.150. The Hall–Kier alpha value is -0.770. The summed E-state index contributed by atoms with van der Waals surface area (Å²) in [5, 5.41) is 15.0. The van der Waals surface area contributed by atoms with Crippen LogP contribution in [0.4, 0.5) is 4.79 Å². The standard InChI is InChI=1S/C14H28N2O2/c1-11(2)8-12(9-17)16-13(18)15-10-14(3)6-4-5-7-14/h11-12,17H,4-10H2,1-3H3,(H2,15,16,18). The van der Waals surface area contributed by atoms with Gasteiger partial charge < -0.3 is 15.7 Å². The number of urea groups is 1. The van der Waals surface area contributed by atoms with Crippen molar-refractivity contribution in [3.8, 4) is 0 Å². The van der Waals surface area contributed by atoms with Crippen LogP contribution >= 0.6 is 0 Å². The Morgan fingerprint density at radius 3 is 2.44 bits per heavy atom. The molecule has 0 spiro atoms. The van der Waals surface area contributed by atoms with E-state index in [1.807, 2.05) is 0 Å². The molecule has 1 fully saturated rings. The summed E-state index contributed by atoms with van der Waals surface area (Å²) in [6, 6.07) is -0.288. The summed E-state index contributed by atoms with van der Waals surface area (Å²) in [6.07, 6.45) is 5.74. The van der Waals surface area contributed by atoms with E-state index < -0.39 is 0 Å². The van der Waals surface area contributed by atoms with Gasteiger partial charge in [-0.15, -0.1) is 0 Å². The largest absolute Gasteiger partial charge is 0.394 e. The fourth-order valence-electron chi connectivity index (χ4n) is 2.68. The number of rotatable bonds is 6. The van der Waals surface area contributed by atoms with Gasteiger partial charge in [-0.25, -0.2) is 4.79 Å². The van der Waals surface area contributed by atoms with Crippen molar-refractivity contribution in [2.75, 3.05) is 13.2 Å². The van der Waals surface area contributed by atoms with Crippen molar-refractivity contribution in [2.45, 2.75) is 58.9 Å². The molecule has 1 atom stereocenters. The Balaban J connectivity index is 2.27. The van der Waals surface area contributed by atoms with E-state index in [2.05, 4.69) is 31.4 Å². The van der Waals surface area contributed by atoms with E-state index in [-0.39, 0.29) is 24.1 Å². The fourth-order valence-corrected chi connectivity index (χ4v) is 2.68. The molecular formula is C14H28N2O2. The van der Waals surface area contributed by atoms with Crippen LogP contribution < -0.4 is 10.6 Å². The molecule has 1 rings (SSSR count). The molecule has 1 aliphatic carbocycles. The number of aliphatic hydroxyl groups excluding tert-OH is 1. The molecule has 0 bridgehead atoms. The average Bonchev–Trinajstić information content (AvgIpc) is 2.73. The molecule has 0 aromatic heterocycles. The maximum absolute atomic E-state index is 11.8. The van der Waals surface area contributed by atoms with E-state index >= 15 is 0 Å². The highest BCUT2D eigenvalue weighted by molar-refractivity contribution is 5.74. The summed E-state index contributed by atoms with van der Waals surface area (Å²) < 4.78 is 0. The molecular weight excluding hydrogens is 228 g/mol. The van der Waals surface area contributed by atoms with Crippen LogP contribution in [0, 0.1) is 11.3 Å². The van der Waals surface area contributed by atoms with Crippen LogP contribution in [0.2, 0.25) is 0 Å². The smallest absolute Gasteiger partial charge is 0.315 e. The molecule has 2 amide bonds. The Morgan fingerprint density at radius 2 is 1.94 bits per heavy atom. The van der Waals surface area contributed by atoms with Crippen molar-refractivity contribution in [3.05, 3.63) is 0 Å². The Kier molecular flexibility index (Phi) is 5.93. The third kappa shape index (κ3) is 5.25. The predicted octanol–water partition coefficient (Wildman–Crippen LogP) is 2.27. The second kappa shape index (κ2) is 6.98. The van der Waals surface area contributed by atoms with Gasteiger partial charge in [0.05, 0.1) is 12.6 Å². The van der Waals surface area contributed by atoms with E-state index in [1.54, 1.807) is 0 Å². The second-order valence-corrected chi connectivity index (χ2v) is 6.35. The lowest BCUT2D eigenvalue weighted by Crippen LogP contribution is -2.46. The number of nitrogens with one attached hydrogen (secondary N) is 2. The first-order chi connectivity index (χ1) is 8.45.